The summed E-state index contributed by atoms with van der Waals surface area (Å²) >= 11 is 3.56. The number of hydrogen-bond donors (Lipinski definition) is 1. The van der Waals surface area contributed by atoms with Crippen LogP contribution in [0.25, 0.3) is 0 Å². The van der Waals surface area contributed by atoms with Crippen LogP contribution >= 0.6 is 15.9 Å². The van der Waals surface area contributed by atoms with Gasteiger partial charge >= 0.3 is 0 Å². The molecule has 0 spiro atoms. The molecule has 1 aromatic carbocycles. The SMILES string of the molecule is CCCOCCC(CN)c1ccccc1Br. The fraction of sp³-hybridized carbons (Fsp3) is 0.538. The highest BCUT2D eigenvalue weighted by Crippen LogP contribution is 2.26. The summed E-state index contributed by atoms with van der Waals surface area (Å²) in [7, 11) is 0. The number of benzene rings is 1. The fourth-order valence-corrected chi connectivity index (χ4v) is 2.29. The summed E-state index contributed by atoms with van der Waals surface area (Å²) in [6, 6.07) is 8.26. The van der Waals surface area contributed by atoms with E-state index in [2.05, 4.69) is 41.1 Å². The molecular formula is C13H20BrNO. The summed E-state index contributed by atoms with van der Waals surface area (Å²) in [6.07, 6.45) is 2.06. The van der Waals surface area contributed by atoms with Gasteiger partial charge in [0.25, 0.3) is 0 Å². The van der Waals surface area contributed by atoms with E-state index in [1.807, 2.05) is 6.07 Å². The van der Waals surface area contributed by atoms with Gasteiger partial charge in [-0.15, -0.1) is 0 Å². The number of hydrogen-bond acceptors (Lipinski definition) is 2. The van der Waals surface area contributed by atoms with Gasteiger partial charge in [-0.3, -0.25) is 0 Å². The second-order valence-corrected chi connectivity index (χ2v) is 4.71. The maximum Gasteiger partial charge on any atom is 0.0472 e. The summed E-state index contributed by atoms with van der Waals surface area (Å²) in [6.45, 7) is 4.41. The molecule has 16 heavy (non-hydrogen) atoms. The van der Waals surface area contributed by atoms with E-state index in [0.717, 1.165) is 30.5 Å². The van der Waals surface area contributed by atoms with Gasteiger partial charge in [-0.05, 0) is 36.9 Å². The van der Waals surface area contributed by atoms with Crippen molar-refractivity contribution in [1.82, 2.24) is 0 Å². The molecule has 0 heterocycles. The first-order chi connectivity index (χ1) is 7.79. The topological polar surface area (TPSA) is 35.2 Å². The summed E-state index contributed by atoms with van der Waals surface area (Å²) in [5.74, 6) is 0.382. The van der Waals surface area contributed by atoms with Gasteiger partial charge in [0.2, 0.25) is 0 Å². The summed E-state index contributed by atoms with van der Waals surface area (Å²) in [5, 5.41) is 0. The molecule has 0 aromatic heterocycles. The van der Waals surface area contributed by atoms with Gasteiger partial charge in [0.1, 0.15) is 0 Å². The third-order valence-corrected chi connectivity index (χ3v) is 3.31. The van der Waals surface area contributed by atoms with Crippen molar-refractivity contribution < 1.29 is 4.74 Å². The van der Waals surface area contributed by atoms with Crippen molar-refractivity contribution in [2.45, 2.75) is 25.7 Å². The number of ether oxygens (including phenoxy) is 1. The zero-order valence-corrected chi connectivity index (χ0v) is 11.4. The van der Waals surface area contributed by atoms with E-state index >= 15 is 0 Å². The van der Waals surface area contributed by atoms with Gasteiger partial charge in [-0.25, -0.2) is 0 Å². The van der Waals surface area contributed by atoms with E-state index in [1.54, 1.807) is 0 Å². The van der Waals surface area contributed by atoms with E-state index in [-0.39, 0.29) is 0 Å². The smallest absolute Gasteiger partial charge is 0.0472 e. The lowest BCUT2D eigenvalue weighted by Gasteiger charge is -2.16. The van der Waals surface area contributed by atoms with Crippen molar-refractivity contribution in [1.29, 1.82) is 0 Å². The van der Waals surface area contributed by atoms with Crippen molar-refractivity contribution in [3.63, 3.8) is 0 Å². The van der Waals surface area contributed by atoms with E-state index in [0.29, 0.717) is 12.5 Å². The lowest BCUT2D eigenvalue weighted by molar-refractivity contribution is 0.128. The third-order valence-electron chi connectivity index (χ3n) is 2.59. The summed E-state index contributed by atoms with van der Waals surface area (Å²) in [4.78, 5) is 0. The Morgan fingerprint density at radius 3 is 2.69 bits per heavy atom. The molecular weight excluding hydrogens is 266 g/mol. The lowest BCUT2D eigenvalue weighted by atomic mass is 9.96. The Hall–Kier alpha value is -0.380. The predicted molar refractivity (Wildman–Crippen MR) is 71.7 cm³/mol. The van der Waals surface area contributed by atoms with Crippen molar-refractivity contribution >= 4 is 15.9 Å². The molecule has 1 aromatic rings. The molecule has 3 heteroatoms. The van der Waals surface area contributed by atoms with Gasteiger partial charge in [-0.1, -0.05) is 41.1 Å². The summed E-state index contributed by atoms with van der Waals surface area (Å²) < 4.78 is 6.65. The van der Waals surface area contributed by atoms with Crippen molar-refractivity contribution in [3.05, 3.63) is 34.3 Å². The standard InChI is InChI=1S/C13H20BrNO/c1-2-8-16-9-7-11(10-15)12-5-3-4-6-13(12)14/h3-6,11H,2,7-10,15H2,1H3. The maximum absolute atomic E-state index is 5.81. The fourth-order valence-electron chi connectivity index (χ4n) is 1.68. The minimum absolute atomic E-state index is 0.382. The van der Waals surface area contributed by atoms with Gasteiger partial charge in [0, 0.05) is 17.7 Å². The average molecular weight is 286 g/mol. The Morgan fingerprint density at radius 1 is 1.31 bits per heavy atom. The molecule has 0 aliphatic rings. The predicted octanol–water partition coefficient (Wildman–Crippen LogP) is 3.31. The number of nitrogens with two attached hydrogens (primary N) is 1. The molecule has 0 bridgehead atoms. The highest BCUT2D eigenvalue weighted by Gasteiger charge is 2.12. The normalized spacial score (nSPS) is 12.7. The molecule has 0 fully saturated rings. The molecule has 2 N–H and O–H groups in total. The first-order valence-electron chi connectivity index (χ1n) is 5.81. The van der Waals surface area contributed by atoms with Crippen molar-refractivity contribution in [2.75, 3.05) is 19.8 Å². The van der Waals surface area contributed by atoms with Gasteiger partial charge in [-0.2, -0.15) is 0 Å². The van der Waals surface area contributed by atoms with Crippen LogP contribution in [0, 0.1) is 0 Å². The number of halogens is 1. The molecule has 0 saturated carbocycles. The molecule has 1 unspecified atom stereocenters. The first kappa shape index (κ1) is 13.7. The van der Waals surface area contributed by atoms with Crippen LogP contribution in [-0.2, 0) is 4.74 Å². The van der Waals surface area contributed by atoms with Crippen LogP contribution in [0.3, 0.4) is 0 Å². The van der Waals surface area contributed by atoms with Gasteiger partial charge in [0.05, 0.1) is 0 Å². The van der Waals surface area contributed by atoms with Crippen LogP contribution in [0.1, 0.15) is 31.2 Å². The molecule has 1 rings (SSSR count). The number of rotatable bonds is 7. The van der Waals surface area contributed by atoms with Crippen LogP contribution in [0.4, 0.5) is 0 Å². The molecule has 0 amide bonds. The highest BCUT2D eigenvalue weighted by atomic mass is 79.9. The Bertz CT molecular complexity index is 304. The highest BCUT2D eigenvalue weighted by molar-refractivity contribution is 9.10. The molecule has 90 valence electrons. The zero-order valence-electron chi connectivity index (χ0n) is 9.79. The quantitative estimate of drug-likeness (QED) is 0.780. The Kier molecular flexibility index (Phi) is 6.69. The van der Waals surface area contributed by atoms with Crippen LogP contribution in [-0.4, -0.2) is 19.8 Å². The Labute approximate surface area is 106 Å². The molecule has 0 saturated heterocycles. The molecule has 1 atom stereocenters. The van der Waals surface area contributed by atoms with E-state index in [1.165, 1.54) is 5.56 Å². The minimum Gasteiger partial charge on any atom is -0.381 e. The largest absolute Gasteiger partial charge is 0.381 e. The molecule has 0 aliphatic carbocycles. The van der Waals surface area contributed by atoms with Crippen LogP contribution in [0.5, 0.6) is 0 Å². The van der Waals surface area contributed by atoms with E-state index in [4.69, 9.17) is 10.5 Å². The molecule has 2 nitrogen and oxygen atoms in total. The van der Waals surface area contributed by atoms with Crippen LogP contribution in [0.2, 0.25) is 0 Å². The van der Waals surface area contributed by atoms with Crippen molar-refractivity contribution in [3.8, 4) is 0 Å². The Morgan fingerprint density at radius 2 is 2.06 bits per heavy atom. The minimum atomic E-state index is 0.382. The third kappa shape index (κ3) is 4.24. The zero-order chi connectivity index (χ0) is 11.8. The maximum atomic E-state index is 5.81. The Balaban J connectivity index is 2.51. The van der Waals surface area contributed by atoms with Gasteiger partial charge < -0.3 is 10.5 Å². The van der Waals surface area contributed by atoms with E-state index < -0.39 is 0 Å². The van der Waals surface area contributed by atoms with Crippen LogP contribution < -0.4 is 5.73 Å². The van der Waals surface area contributed by atoms with E-state index in [9.17, 15) is 0 Å². The van der Waals surface area contributed by atoms with Crippen LogP contribution in [0.15, 0.2) is 28.7 Å². The molecule has 0 aliphatic heterocycles. The van der Waals surface area contributed by atoms with Crippen molar-refractivity contribution in [2.24, 2.45) is 5.73 Å². The second kappa shape index (κ2) is 7.82. The first-order valence-corrected chi connectivity index (χ1v) is 6.61. The average Bonchev–Trinajstić information content (AvgIpc) is 2.31. The second-order valence-electron chi connectivity index (χ2n) is 3.86. The lowest BCUT2D eigenvalue weighted by Crippen LogP contribution is -2.15. The van der Waals surface area contributed by atoms with Gasteiger partial charge in [0.15, 0.2) is 0 Å². The molecule has 0 radical (unpaired) electrons. The monoisotopic (exact) mass is 285 g/mol. The summed E-state index contributed by atoms with van der Waals surface area (Å²) in [5.41, 5.74) is 7.09.